The van der Waals surface area contributed by atoms with Crippen molar-refractivity contribution in [1.29, 1.82) is 0 Å². The lowest BCUT2D eigenvalue weighted by Crippen LogP contribution is -2.00. The lowest BCUT2D eigenvalue weighted by Gasteiger charge is -2.05. The van der Waals surface area contributed by atoms with Crippen LogP contribution in [-0.2, 0) is 76.5 Å². The largest absolute Gasteiger partial charge is 0.294 e. The molecule has 6 unspecified atom stereocenters. The molecular weight excluding hydrogens is 1560 g/mol. The zero-order chi connectivity index (χ0) is 82.0. The van der Waals surface area contributed by atoms with Crippen LogP contribution in [0, 0.1) is 0 Å². The van der Waals surface area contributed by atoms with Crippen LogP contribution in [0.1, 0.15) is 258 Å². The first kappa shape index (κ1) is 103. The second kappa shape index (κ2) is 57.4. The molecule has 0 spiro atoms. The van der Waals surface area contributed by atoms with Gasteiger partial charge in [0.25, 0.3) is 0 Å². The van der Waals surface area contributed by atoms with Crippen LogP contribution in [0.25, 0.3) is 0 Å². The summed E-state index contributed by atoms with van der Waals surface area (Å²) in [6, 6.07) is 100.0. The molecule has 6 nitrogen and oxygen atoms in total. The molecule has 118 heavy (non-hydrogen) atoms. The third kappa shape index (κ3) is 36.0. The van der Waals surface area contributed by atoms with Gasteiger partial charge in [0, 0.05) is 71.4 Å². The minimum atomic E-state index is 0. The molecule has 0 amide bonds. The molecule has 12 heteroatoms. The van der Waals surface area contributed by atoms with Gasteiger partial charge in [-0.25, -0.2) is 0 Å². The number of hydrogen-bond acceptors (Lipinski definition) is 6. The molecule has 12 aromatic rings. The number of benzene rings is 12. The maximum atomic E-state index is 11.6. The second-order valence-corrected chi connectivity index (χ2v) is 30.0. The van der Waals surface area contributed by atoms with E-state index in [-0.39, 0.29) is 69.4 Å². The second-order valence-electron chi connectivity index (χ2n) is 28.3. The molecule has 0 saturated carbocycles. The standard InChI is InChI=1S/C19H20O2.2C18H19O2P.C17H20.2C16H19P.2CH4.2H3P/c1-3-18(20)16-9-5-14(6-10-16)13-15-7-11-17(12-8-15)19(21)4-2;2*1-2-17(19)15-7-3-13(4-8-15)11-14-5-9-16(10-6-14)18(20)12-21;1-3-14-5-9-16(10-6-14)13-17-11-7-15(4-2)8-12-17;2*1-2-13-3-5-14(6-4-13)11-15-7-9-16(12-17)10-8-15;;;;/h5-12H,3-4,13H2,1-2H3;2*3-10H,2,11-12,21H2,1H3;5-12H,3-4,13H2,1-2H3;2*3-10H,2,11-12,17H2,1H3;2*1H4;2*1H3. The molecule has 6 atom stereocenters. The van der Waals surface area contributed by atoms with Gasteiger partial charge in [-0.3, -0.25) is 28.8 Å². The van der Waals surface area contributed by atoms with Gasteiger partial charge in [0.2, 0.25) is 0 Å². The Morgan fingerprint density at radius 3 is 0.398 bits per heavy atom. The van der Waals surface area contributed by atoms with E-state index in [1.54, 1.807) is 0 Å². The lowest BCUT2D eigenvalue weighted by atomic mass is 10.00. The highest BCUT2D eigenvalue weighted by Gasteiger charge is 2.11. The zero-order valence-corrected chi connectivity index (χ0v) is 77.1. The van der Waals surface area contributed by atoms with Crippen molar-refractivity contribution in [2.75, 3.05) is 12.3 Å². The maximum Gasteiger partial charge on any atom is 0.166 e. The topological polar surface area (TPSA) is 102 Å². The first-order valence-electron chi connectivity index (χ1n) is 40.4. The van der Waals surface area contributed by atoms with Crippen molar-refractivity contribution < 1.29 is 28.8 Å². The molecule has 0 aliphatic heterocycles. The van der Waals surface area contributed by atoms with Crippen LogP contribution >= 0.6 is 56.8 Å². The van der Waals surface area contributed by atoms with Crippen molar-refractivity contribution in [3.63, 3.8) is 0 Å². The zero-order valence-electron chi connectivity index (χ0n) is 69.6. The fourth-order valence-corrected chi connectivity index (χ4v) is 13.5. The van der Waals surface area contributed by atoms with Crippen molar-refractivity contribution in [2.45, 2.75) is 172 Å². The molecule has 0 aromatic heterocycles. The molecule has 0 bridgehead atoms. The van der Waals surface area contributed by atoms with E-state index < -0.39 is 0 Å². The predicted molar refractivity (Wildman–Crippen MR) is 530 cm³/mol. The van der Waals surface area contributed by atoms with Crippen LogP contribution in [0.5, 0.6) is 0 Å². The summed E-state index contributed by atoms with van der Waals surface area (Å²) in [6.07, 6.45) is 15.1. The van der Waals surface area contributed by atoms with Crippen molar-refractivity contribution >= 4 is 91.5 Å². The van der Waals surface area contributed by atoms with Gasteiger partial charge in [0.15, 0.2) is 34.7 Å². The summed E-state index contributed by atoms with van der Waals surface area (Å²) in [5, 5.41) is 0. The smallest absolute Gasteiger partial charge is 0.166 e. The number of carbonyl (C=O) groups is 6. The Bertz CT molecular complexity index is 4060. The minimum absolute atomic E-state index is 0. The molecule has 0 aliphatic rings. The van der Waals surface area contributed by atoms with Gasteiger partial charge in [-0.15, -0.1) is 37.0 Å². The van der Waals surface area contributed by atoms with Gasteiger partial charge in [0.05, 0.1) is 0 Å². The van der Waals surface area contributed by atoms with E-state index in [0.717, 1.165) is 143 Å². The van der Waals surface area contributed by atoms with E-state index in [1.807, 2.05) is 173 Å². The molecule has 0 radical (unpaired) electrons. The van der Waals surface area contributed by atoms with Crippen molar-refractivity contribution in [3.05, 3.63) is 425 Å². The summed E-state index contributed by atoms with van der Waals surface area (Å²) >= 11 is 0. The average molecular weight is 1690 g/mol. The Labute approximate surface area is 724 Å². The van der Waals surface area contributed by atoms with Crippen LogP contribution in [0.3, 0.4) is 0 Å². The summed E-state index contributed by atoms with van der Waals surface area (Å²) in [6.45, 7) is 16.2. The van der Waals surface area contributed by atoms with Crippen molar-refractivity contribution in [1.82, 2.24) is 0 Å². The van der Waals surface area contributed by atoms with Crippen LogP contribution in [-0.4, -0.2) is 47.0 Å². The van der Waals surface area contributed by atoms with Gasteiger partial charge in [-0.05, 0) is 177 Å². The van der Waals surface area contributed by atoms with E-state index in [4.69, 9.17) is 0 Å². The molecule has 0 N–H and O–H groups in total. The maximum absolute atomic E-state index is 11.6. The van der Waals surface area contributed by atoms with Gasteiger partial charge in [-0.1, -0.05) is 361 Å². The van der Waals surface area contributed by atoms with E-state index in [2.05, 4.69) is 210 Å². The molecule has 0 aliphatic carbocycles. The molecular formula is C106H130O6P6. The Morgan fingerprint density at radius 1 is 0.178 bits per heavy atom. The lowest BCUT2D eigenvalue weighted by molar-refractivity contribution is 0.0980. The van der Waals surface area contributed by atoms with Gasteiger partial charge in [-0.2, -0.15) is 19.8 Å². The van der Waals surface area contributed by atoms with Crippen LogP contribution < -0.4 is 0 Å². The van der Waals surface area contributed by atoms with Crippen LogP contribution in [0.4, 0.5) is 0 Å². The molecule has 0 heterocycles. The predicted octanol–water partition coefficient (Wildman–Crippen LogP) is 26.5. The third-order valence-electron chi connectivity index (χ3n) is 20.0. The molecule has 620 valence electrons. The first-order chi connectivity index (χ1) is 55.3. The average Bonchev–Trinajstić information content (AvgIpc) is 0.746. The number of aryl methyl sites for hydroxylation is 4. The Hall–Kier alpha value is -8.76. The number of carbonyl (C=O) groups excluding carboxylic acids is 6. The summed E-state index contributed by atoms with van der Waals surface area (Å²) in [5.74, 6) is 0.944. The Morgan fingerprint density at radius 2 is 0.288 bits per heavy atom. The number of Topliss-reactive ketones (excluding diaryl/α,β-unsaturated/α-hetero) is 6. The van der Waals surface area contributed by atoms with E-state index in [0.29, 0.717) is 38.0 Å². The van der Waals surface area contributed by atoms with Gasteiger partial charge < -0.3 is 0 Å². The fourth-order valence-electron chi connectivity index (χ4n) is 12.5. The summed E-state index contributed by atoms with van der Waals surface area (Å²) in [4.78, 5) is 69.4. The highest BCUT2D eigenvalue weighted by molar-refractivity contribution is 7.18. The van der Waals surface area contributed by atoms with Crippen molar-refractivity contribution in [2.24, 2.45) is 0 Å². The normalized spacial score (nSPS) is 10.1. The summed E-state index contributed by atoms with van der Waals surface area (Å²) in [5.41, 5.74) is 28.3. The summed E-state index contributed by atoms with van der Waals surface area (Å²) < 4.78 is 0. The first-order valence-corrected chi connectivity index (χ1v) is 43.6. The highest BCUT2D eigenvalue weighted by atomic mass is 31.0. The number of ketones is 6. The van der Waals surface area contributed by atoms with Crippen molar-refractivity contribution in [3.8, 4) is 0 Å². The van der Waals surface area contributed by atoms with Gasteiger partial charge in [0.1, 0.15) is 0 Å². The third-order valence-corrected chi connectivity index (χ3v) is 21.7. The van der Waals surface area contributed by atoms with Gasteiger partial charge >= 0.3 is 0 Å². The van der Waals surface area contributed by atoms with Crippen LogP contribution in [0.15, 0.2) is 291 Å². The molecule has 0 fully saturated rings. The molecule has 12 aromatic carbocycles. The quantitative estimate of drug-likeness (QED) is 0.0328. The monoisotopic (exact) mass is 1680 g/mol. The van der Waals surface area contributed by atoms with Crippen LogP contribution in [0.2, 0.25) is 0 Å². The van der Waals surface area contributed by atoms with E-state index >= 15 is 0 Å². The SMILES string of the molecule is C.C.CCC(=O)c1ccc(Cc2ccc(C(=O)CC)cc2)cc1.CCC(=O)c1ccc(Cc2ccc(C(=O)CP)cc2)cc1.CCC(=O)c1ccc(Cc2ccc(C(=O)CP)cc2)cc1.CCc1ccc(Cc2ccc(CC)cc2)cc1.CCc1ccc(Cc2ccc(CP)cc2)cc1.CCc1ccc(Cc2ccc(CP)cc2)cc1.P.P. The fraction of sp³-hybridized carbons (Fsp3) is 0.264. The van der Waals surface area contributed by atoms with E-state index in [1.165, 1.54) is 66.8 Å². The highest BCUT2D eigenvalue weighted by Crippen LogP contribution is 2.22. The molecule has 12 rings (SSSR count). The van der Waals surface area contributed by atoms with E-state index in [9.17, 15) is 28.8 Å². The Balaban J connectivity index is 0.000000365. The summed E-state index contributed by atoms with van der Waals surface area (Å²) in [7, 11) is 10.4. The number of rotatable bonds is 30. The molecule has 0 saturated heterocycles. The number of hydrogen-bond donors (Lipinski definition) is 0. The Kier molecular flexibility index (Phi) is 50.3. The minimum Gasteiger partial charge on any atom is -0.294 e.